The third kappa shape index (κ3) is 3.43. The van der Waals surface area contributed by atoms with Crippen LogP contribution in [0.2, 0.25) is 0 Å². The van der Waals surface area contributed by atoms with Crippen LogP contribution in [0.1, 0.15) is 33.5 Å². The molecule has 0 unspecified atom stereocenters. The Morgan fingerprint density at radius 1 is 1.50 bits per heavy atom. The second kappa shape index (κ2) is 6.42. The minimum Gasteiger partial charge on any atom is -0.467 e. The minimum atomic E-state index is -0.230. The predicted molar refractivity (Wildman–Crippen MR) is 86.5 cm³/mol. The Morgan fingerprint density at radius 3 is 2.73 bits per heavy atom. The summed E-state index contributed by atoms with van der Waals surface area (Å²) in [7, 11) is 1.73. The van der Waals surface area contributed by atoms with E-state index in [0.717, 1.165) is 18.3 Å². The molecule has 0 radical (unpaired) electrons. The second-order valence-corrected chi connectivity index (χ2v) is 6.51. The molecule has 0 bridgehead atoms. The summed E-state index contributed by atoms with van der Waals surface area (Å²) < 4.78 is 5.32. The third-order valence-electron chi connectivity index (χ3n) is 3.85. The van der Waals surface area contributed by atoms with E-state index in [1.54, 1.807) is 13.3 Å². The number of piperazine rings is 1. The molecule has 1 aliphatic rings. The first-order chi connectivity index (χ1) is 10.3. The lowest BCUT2D eigenvalue weighted by Gasteiger charge is -2.49. The maximum absolute atomic E-state index is 12.5. The maximum atomic E-state index is 12.5. The van der Waals surface area contributed by atoms with Gasteiger partial charge in [0, 0.05) is 19.6 Å². The van der Waals surface area contributed by atoms with Gasteiger partial charge in [-0.3, -0.25) is 9.79 Å². The monoisotopic (exact) mass is 306 g/mol. The Balaban J connectivity index is 2.06. The van der Waals surface area contributed by atoms with Gasteiger partial charge in [0.1, 0.15) is 5.76 Å². The van der Waals surface area contributed by atoms with Crippen molar-refractivity contribution in [2.24, 2.45) is 4.99 Å². The number of carbonyl (C=O) groups excluding carboxylic acids is 1. The summed E-state index contributed by atoms with van der Waals surface area (Å²) >= 11 is 0. The first kappa shape index (κ1) is 16.4. The number of guanidine groups is 1. The molecule has 6 nitrogen and oxygen atoms in total. The molecule has 0 spiro atoms. The fourth-order valence-corrected chi connectivity index (χ4v) is 3.22. The van der Waals surface area contributed by atoms with Gasteiger partial charge in [-0.1, -0.05) is 0 Å². The zero-order valence-corrected chi connectivity index (χ0v) is 14.1. The van der Waals surface area contributed by atoms with Gasteiger partial charge in [0.15, 0.2) is 5.96 Å². The van der Waals surface area contributed by atoms with Crippen molar-refractivity contribution in [1.29, 1.82) is 0 Å². The molecule has 1 aromatic rings. The number of rotatable bonds is 3. The average Bonchev–Trinajstić information content (AvgIpc) is 2.90. The number of nitrogens with zero attached hydrogens (tertiary/aromatic N) is 3. The summed E-state index contributed by atoms with van der Waals surface area (Å²) in [5, 5.41) is 3.26. The first-order valence-corrected chi connectivity index (χ1v) is 7.65. The molecule has 1 aromatic heterocycles. The van der Waals surface area contributed by atoms with Crippen molar-refractivity contribution in [3.63, 3.8) is 0 Å². The molecule has 0 aliphatic carbocycles. The molecular weight excluding hydrogens is 280 g/mol. The highest BCUT2D eigenvalue weighted by atomic mass is 16.3. The number of amides is 1. The predicted octanol–water partition coefficient (Wildman–Crippen LogP) is 1.69. The average molecular weight is 306 g/mol. The summed E-state index contributed by atoms with van der Waals surface area (Å²) in [4.78, 5) is 20.8. The minimum absolute atomic E-state index is 0.132. The lowest BCUT2D eigenvalue weighted by molar-refractivity contribution is -0.145. The standard InChI is InChI=1S/C16H26N4O2/c1-12(2)20-14(21)10-19(11-16(20,3)4)15(17-5)18-9-13-7-6-8-22-13/h6-8,12H,9-11H2,1-5H3,(H,17,18). The number of carbonyl (C=O) groups is 1. The Morgan fingerprint density at radius 2 is 2.23 bits per heavy atom. The van der Waals surface area contributed by atoms with Gasteiger partial charge in [0.2, 0.25) is 5.91 Å². The number of nitrogens with one attached hydrogen (secondary N) is 1. The van der Waals surface area contributed by atoms with Crippen molar-refractivity contribution in [3.05, 3.63) is 24.2 Å². The second-order valence-electron chi connectivity index (χ2n) is 6.51. The van der Waals surface area contributed by atoms with Crippen LogP contribution in [0.25, 0.3) is 0 Å². The number of hydrogen-bond acceptors (Lipinski definition) is 3. The van der Waals surface area contributed by atoms with E-state index in [2.05, 4.69) is 38.0 Å². The van der Waals surface area contributed by atoms with Crippen molar-refractivity contribution in [2.75, 3.05) is 20.1 Å². The van der Waals surface area contributed by atoms with Gasteiger partial charge >= 0.3 is 0 Å². The molecule has 1 amide bonds. The molecule has 0 saturated carbocycles. The van der Waals surface area contributed by atoms with Crippen LogP contribution in [0.4, 0.5) is 0 Å². The molecule has 22 heavy (non-hydrogen) atoms. The quantitative estimate of drug-likeness (QED) is 0.682. The van der Waals surface area contributed by atoms with Crippen LogP contribution in [0, 0.1) is 0 Å². The lowest BCUT2D eigenvalue weighted by Crippen LogP contribution is -2.66. The number of aliphatic imine (C=N–C) groups is 1. The molecule has 1 aliphatic heterocycles. The Bertz CT molecular complexity index is 534. The molecule has 6 heteroatoms. The van der Waals surface area contributed by atoms with Crippen LogP contribution in [0.15, 0.2) is 27.8 Å². The molecule has 1 N–H and O–H groups in total. The van der Waals surface area contributed by atoms with E-state index in [0.29, 0.717) is 13.1 Å². The van der Waals surface area contributed by atoms with Gasteiger partial charge in [0.25, 0.3) is 0 Å². The lowest BCUT2D eigenvalue weighted by atomic mass is 9.96. The highest BCUT2D eigenvalue weighted by molar-refractivity contribution is 5.88. The molecule has 122 valence electrons. The summed E-state index contributed by atoms with van der Waals surface area (Å²) in [6, 6.07) is 3.96. The molecule has 1 fully saturated rings. The smallest absolute Gasteiger partial charge is 0.242 e. The Hall–Kier alpha value is -1.98. The molecule has 0 aromatic carbocycles. The molecule has 2 rings (SSSR count). The maximum Gasteiger partial charge on any atom is 0.242 e. The van der Waals surface area contributed by atoms with E-state index in [9.17, 15) is 4.79 Å². The van der Waals surface area contributed by atoms with E-state index >= 15 is 0 Å². The van der Waals surface area contributed by atoms with Crippen LogP contribution in [0.5, 0.6) is 0 Å². The van der Waals surface area contributed by atoms with E-state index < -0.39 is 0 Å². The molecular formula is C16H26N4O2. The third-order valence-corrected chi connectivity index (χ3v) is 3.85. The summed E-state index contributed by atoms with van der Waals surface area (Å²) in [6.07, 6.45) is 1.65. The fraction of sp³-hybridized carbons (Fsp3) is 0.625. The van der Waals surface area contributed by atoms with E-state index in [-0.39, 0.29) is 17.5 Å². The van der Waals surface area contributed by atoms with Crippen molar-refractivity contribution in [2.45, 2.75) is 45.8 Å². The SMILES string of the molecule is CN=C(NCc1ccco1)N1CC(=O)N(C(C)C)C(C)(C)C1. The summed E-state index contributed by atoms with van der Waals surface area (Å²) in [5.41, 5.74) is -0.230. The van der Waals surface area contributed by atoms with Crippen LogP contribution < -0.4 is 5.32 Å². The van der Waals surface area contributed by atoms with E-state index in [1.165, 1.54) is 0 Å². The zero-order chi connectivity index (χ0) is 16.3. The Labute approximate surface area is 132 Å². The first-order valence-electron chi connectivity index (χ1n) is 7.65. The van der Waals surface area contributed by atoms with E-state index in [4.69, 9.17) is 4.42 Å². The summed E-state index contributed by atoms with van der Waals surface area (Å²) in [5.74, 6) is 1.70. The van der Waals surface area contributed by atoms with Gasteiger partial charge in [0.05, 0.1) is 24.9 Å². The number of furan rings is 1. The van der Waals surface area contributed by atoms with Crippen molar-refractivity contribution in [1.82, 2.24) is 15.1 Å². The largest absolute Gasteiger partial charge is 0.467 e. The van der Waals surface area contributed by atoms with Gasteiger partial charge in [-0.05, 0) is 39.8 Å². The van der Waals surface area contributed by atoms with Gasteiger partial charge in [-0.25, -0.2) is 0 Å². The van der Waals surface area contributed by atoms with Crippen molar-refractivity contribution in [3.8, 4) is 0 Å². The van der Waals surface area contributed by atoms with Gasteiger partial charge in [-0.15, -0.1) is 0 Å². The van der Waals surface area contributed by atoms with Crippen LogP contribution in [-0.4, -0.2) is 53.4 Å². The fourth-order valence-electron chi connectivity index (χ4n) is 3.22. The summed E-state index contributed by atoms with van der Waals surface area (Å²) in [6.45, 7) is 9.94. The van der Waals surface area contributed by atoms with Crippen molar-refractivity contribution >= 4 is 11.9 Å². The zero-order valence-electron chi connectivity index (χ0n) is 14.1. The van der Waals surface area contributed by atoms with Crippen LogP contribution >= 0.6 is 0 Å². The van der Waals surface area contributed by atoms with E-state index in [1.807, 2.05) is 21.9 Å². The van der Waals surface area contributed by atoms with Crippen LogP contribution in [0.3, 0.4) is 0 Å². The highest BCUT2D eigenvalue weighted by Gasteiger charge is 2.40. The Kier molecular flexibility index (Phi) is 4.78. The molecule has 1 saturated heterocycles. The molecule has 2 heterocycles. The van der Waals surface area contributed by atoms with Gasteiger partial charge < -0.3 is 19.5 Å². The van der Waals surface area contributed by atoms with Crippen molar-refractivity contribution < 1.29 is 9.21 Å². The molecule has 0 atom stereocenters. The normalized spacial score (nSPS) is 19.0. The van der Waals surface area contributed by atoms with Crippen LogP contribution in [-0.2, 0) is 11.3 Å². The number of hydrogen-bond donors (Lipinski definition) is 1. The topological polar surface area (TPSA) is 61.1 Å². The van der Waals surface area contributed by atoms with Gasteiger partial charge in [-0.2, -0.15) is 0 Å². The highest BCUT2D eigenvalue weighted by Crippen LogP contribution is 2.24.